The topological polar surface area (TPSA) is 67.1 Å². The number of carbonyl (C=O) groups excluding carboxylic acids is 1. The first-order valence-electron chi connectivity index (χ1n) is 7.74. The van der Waals surface area contributed by atoms with Gasteiger partial charge in [-0.3, -0.25) is 9.69 Å². The van der Waals surface area contributed by atoms with Crippen LogP contribution >= 0.6 is 11.8 Å². The maximum atomic E-state index is 11.8. The average molecular weight is 345 g/mol. The van der Waals surface area contributed by atoms with Crippen molar-refractivity contribution in [3.8, 4) is 0 Å². The zero-order valence-electron chi connectivity index (χ0n) is 13.2. The molecule has 0 radical (unpaired) electrons. The molecule has 1 aliphatic rings. The summed E-state index contributed by atoms with van der Waals surface area (Å²) in [6, 6.07) is 13.7. The Labute approximate surface area is 144 Å². The molecular formula is C17H19N3O3S. The van der Waals surface area contributed by atoms with Crippen LogP contribution < -0.4 is 5.43 Å². The minimum atomic E-state index is -0.140. The van der Waals surface area contributed by atoms with E-state index in [-0.39, 0.29) is 5.91 Å². The number of nitrogens with zero attached hydrogens (tertiary/aromatic N) is 2. The SMILES string of the molecule is O=C(CN1CCOCC1)N/N=C\c1ccc(Sc2ccccc2)o1. The van der Waals surface area contributed by atoms with E-state index in [1.807, 2.05) is 47.4 Å². The Hall–Kier alpha value is -2.09. The fraction of sp³-hybridized carbons (Fsp3) is 0.294. The average Bonchev–Trinajstić information content (AvgIpc) is 3.04. The standard InChI is InChI=1S/C17H19N3O3S/c21-16(13-20-8-10-22-11-9-20)19-18-12-14-6-7-17(23-14)24-15-4-2-1-3-5-15/h1-7,12H,8-11,13H2,(H,19,21)/b18-12-. The number of benzene rings is 1. The Morgan fingerprint density at radius 2 is 2.00 bits per heavy atom. The summed E-state index contributed by atoms with van der Waals surface area (Å²) in [6.07, 6.45) is 1.51. The second-order valence-corrected chi connectivity index (χ2v) is 6.33. The van der Waals surface area contributed by atoms with Crippen molar-refractivity contribution < 1.29 is 13.9 Å². The molecule has 1 saturated heterocycles. The number of hydrazone groups is 1. The number of furan rings is 1. The summed E-state index contributed by atoms with van der Waals surface area (Å²) in [7, 11) is 0. The van der Waals surface area contributed by atoms with Crippen LogP contribution in [-0.2, 0) is 9.53 Å². The lowest BCUT2D eigenvalue weighted by Crippen LogP contribution is -2.42. The molecule has 1 aliphatic heterocycles. The minimum Gasteiger partial charge on any atom is -0.448 e. The highest BCUT2D eigenvalue weighted by Crippen LogP contribution is 2.28. The predicted molar refractivity (Wildman–Crippen MR) is 92.3 cm³/mol. The summed E-state index contributed by atoms with van der Waals surface area (Å²) in [4.78, 5) is 14.9. The van der Waals surface area contributed by atoms with E-state index >= 15 is 0 Å². The highest BCUT2D eigenvalue weighted by atomic mass is 32.2. The van der Waals surface area contributed by atoms with Crippen LogP contribution in [0.3, 0.4) is 0 Å². The first kappa shape index (κ1) is 16.8. The van der Waals surface area contributed by atoms with Gasteiger partial charge in [0.15, 0.2) is 5.09 Å². The van der Waals surface area contributed by atoms with Gasteiger partial charge in [-0.2, -0.15) is 5.10 Å². The summed E-state index contributed by atoms with van der Waals surface area (Å²) in [5, 5.41) is 4.72. The molecule has 3 rings (SSSR count). The van der Waals surface area contributed by atoms with Crippen molar-refractivity contribution in [2.24, 2.45) is 5.10 Å². The number of hydrogen-bond donors (Lipinski definition) is 1. The maximum absolute atomic E-state index is 11.8. The first-order valence-corrected chi connectivity index (χ1v) is 8.56. The lowest BCUT2D eigenvalue weighted by Gasteiger charge is -2.25. The molecule has 6 nitrogen and oxygen atoms in total. The van der Waals surface area contributed by atoms with Crippen LogP contribution in [0.4, 0.5) is 0 Å². The number of amides is 1. The van der Waals surface area contributed by atoms with Gasteiger partial charge in [0.1, 0.15) is 5.76 Å². The summed E-state index contributed by atoms with van der Waals surface area (Å²) in [5.74, 6) is 0.457. The molecule has 0 saturated carbocycles. The Bertz CT molecular complexity index is 681. The van der Waals surface area contributed by atoms with E-state index in [1.165, 1.54) is 18.0 Å². The predicted octanol–water partition coefficient (Wildman–Crippen LogP) is 2.21. The van der Waals surface area contributed by atoms with Crippen molar-refractivity contribution >= 4 is 23.9 Å². The zero-order chi connectivity index (χ0) is 16.6. The van der Waals surface area contributed by atoms with Gasteiger partial charge in [-0.05, 0) is 24.3 Å². The number of nitrogens with one attached hydrogen (secondary N) is 1. The molecule has 24 heavy (non-hydrogen) atoms. The van der Waals surface area contributed by atoms with Gasteiger partial charge in [0, 0.05) is 18.0 Å². The number of hydrogen-bond acceptors (Lipinski definition) is 6. The molecule has 0 spiro atoms. The molecule has 1 fully saturated rings. The highest BCUT2D eigenvalue weighted by molar-refractivity contribution is 7.99. The third-order valence-corrected chi connectivity index (χ3v) is 4.34. The monoisotopic (exact) mass is 345 g/mol. The third kappa shape index (κ3) is 5.23. The zero-order valence-corrected chi connectivity index (χ0v) is 14.0. The summed E-state index contributed by atoms with van der Waals surface area (Å²) < 4.78 is 10.9. The smallest absolute Gasteiger partial charge is 0.254 e. The van der Waals surface area contributed by atoms with Crippen molar-refractivity contribution in [3.63, 3.8) is 0 Å². The first-order chi connectivity index (χ1) is 11.8. The van der Waals surface area contributed by atoms with Gasteiger partial charge in [-0.15, -0.1) is 0 Å². The largest absolute Gasteiger partial charge is 0.448 e. The van der Waals surface area contributed by atoms with Crippen LogP contribution in [0.5, 0.6) is 0 Å². The summed E-state index contributed by atoms with van der Waals surface area (Å²) in [6.45, 7) is 3.22. The Balaban J connectivity index is 1.45. The fourth-order valence-electron chi connectivity index (χ4n) is 2.23. The Kier molecular flexibility index (Phi) is 6.06. The van der Waals surface area contributed by atoms with Crippen molar-refractivity contribution in [3.05, 3.63) is 48.2 Å². The van der Waals surface area contributed by atoms with Crippen LogP contribution in [0, 0.1) is 0 Å². The number of rotatable bonds is 6. The van der Waals surface area contributed by atoms with Crippen LogP contribution in [-0.4, -0.2) is 49.9 Å². The van der Waals surface area contributed by atoms with Crippen LogP contribution in [0.15, 0.2) is 62.0 Å². The molecule has 0 aliphatic carbocycles. The van der Waals surface area contributed by atoms with E-state index < -0.39 is 0 Å². The highest BCUT2D eigenvalue weighted by Gasteiger charge is 2.13. The summed E-state index contributed by atoms with van der Waals surface area (Å²) >= 11 is 1.54. The Morgan fingerprint density at radius 1 is 1.21 bits per heavy atom. The molecule has 7 heteroatoms. The van der Waals surface area contributed by atoms with Gasteiger partial charge in [0.2, 0.25) is 0 Å². The van der Waals surface area contributed by atoms with E-state index in [2.05, 4.69) is 10.5 Å². The molecule has 2 aromatic rings. The molecule has 1 N–H and O–H groups in total. The van der Waals surface area contributed by atoms with E-state index in [9.17, 15) is 4.79 Å². The molecular weight excluding hydrogens is 326 g/mol. The Morgan fingerprint density at radius 3 is 2.79 bits per heavy atom. The summed E-state index contributed by atoms with van der Waals surface area (Å²) in [5.41, 5.74) is 2.52. The van der Waals surface area contributed by atoms with Crippen molar-refractivity contribution in [2.75, 3.05) is 32.8 Å². The lowest BCUT2D eigenvalue weighted by atomic mass is 10.4. The van der Waals surface area contributed by atoms with E-state index in [0.717, 1.165) is 23.1 Å². The van der Waals surface area contributed by atoms with E-state index in [4.69, 9.17) is 9.15 Å². The molecule has 126 valence electrons. The van der Waals surface area contributed by atoms with Crippen molar-refractivity contribution in [2.45, 2.75) is 9.99 Å². The van der Waals surface area contributed by atoms with E-state index in [0.29, 0.717) is 25.5 Å². The van der Waals surface area contributed by atoms with Gasteiger partial charge in [-0.1, -0.05) is 30.0 Å². The second-order valence-electron chi connectivity index (χ2n) is 5.25. The van der Waals surface area contributed by atoms with Crippen molar-refractivity contribution in [1.29, 1.82) is 0 Å². The number of morpholine rings is 1. The molecule has 2 heterocycles. The molecule has 0 atom stereocenters. The fourth-order valence-corrected chi connectivity index (χ4v) is 3.03. The number of carbonyl (C=O) groups is 1. The van der Waals surface area contributed by atoms with Gasteiger partial charge >= 0.3 is 0 Å². The van der Waals surface area contributed by atoms with Crippen LogP contribution in [0.2, 0.25) is 0 Å². The van der Waals surface area contributed by atoms with Crippen LogP contribution in [0.1, 0.15) is 5.76 Å². The second kappa shape index (κ2) is 8.68. The van der Waals surface area contributed by atoms with Gasteiger partial charge in [-0.25, -0.2) is 5.43 Å². The third-order valence-electron chi connectivity index (χ3n) is 3.42. The molecule has 0 unspecified atom stereocenters. The quantitative estimate of drug-likeness (QED) is 0.642. The minimum absolute atomic E-state index is 0.140. The number of ether oxygens (including phenoxy) is 1. The normalized spacial score (nSPS) is 15.7. The lowest BCUT2D eigenvalue weighted by molar-refractivity contribution is -0.123. The molecule has 1 aromatic heterocycles. The molecule has 1 aromatic carbocycles. The van der Waals surface area contributed by atoms with Gasteiger partial charge < -0.3 is 9.15 Å². The van der Waals surface area contributed by atoms with Crippen molar-refractivity contribution in [1.82, 2.24) is 10.3 Å². The maximum Gasteiger partial charge on any atom is 0.254 e. The molecule has 0 bridgehead atoms. The van der Waals surface area contributed by atoms with E-state index in [1.54, 1.807) is 0 Å². The van der Waals surface area contributed by atoms with Crippen LogP contribution in [0.25, 0.3) is 0 Å². The molecule has 1 amide bonds. The van der Waals surface area contributed by atoms with Gasteiger partial charge in [0.25, 0.3) is 5.91 Å². The van der Waals surface area contributed by atoms with Gasteiger partial charge in [0.05, 0.1) is 26.0 Å².